The van der Waals surface area contributed by atoms with Crippen LogP contribution in [0.4, 0.5) is 16.2 Å². The molecule has 0 saturated heterocycles. The number of halogens is 1. The number of H-pyrrole nitrogens is 1. The summed E-state index contributed by atoms with van der Waals surface area (Å²) in [5, 5.41) is 11.0. The van der Waals surface area contributed by atoms with Crippen LogP contribution >= 0.6 is 0 Å². The molecule has 2 atom stereocenters. The molecule has 2 aliphatic carbocycles. The van der Waals surface area contributed by atoms with E-state index in [1.54, 1.807) is 6.07 Å². The van der Waals surface area contributed by atoms with Crippen molar-refractivity contribution in [2.45, 2.75) is 77.4 Å². The lowest BCUT2D eigenvalue weighted by molar-refractivity contribution is 0.283. The third-order valence-electron chi connectivity index (χ3n) is 8.84. The van der Waals surface area contributed by atoms with Gasteiger partial charge in [-0.25, -0.2) is 19.2 Å². The fourth-order valence-corrected chi connectivity index (χ4v) is 6.05. The van der Waals surface area contributed by atoms with Gasteiger partial charge in [-0.1, -0.05) is 29.8 Å². The molecule has 216 valence electrons. The van der Waals surface area contributed by atoms with Gasteiger partial charge in [0.2, 0.25) is 17.6 Å². The number of aromatic amines is 1. The van der Waals surface area contributed by atoms with Gasteiger partial charge in [-0.05, 0) is 87.8 Å². The molecule has 2 aliphatic rings. The lowest BCUT2D eigenvalue weighted by atomic mass is 9.80. The summed E-state index contributed by atoms with van der Waals surface area (Å²) in [4.78, 5) is 28.8. The maximum absolute atomic E-state index is 14.0. The first-order valence-electron chi connectivity index (χ1n) is 14.6. The van der Waals surface area contributed by atoms with Gasteiger partial charge in [-0.3, -0.25) is 9.51 Å². The normalized spacial score (nSPS) is 20.9. The molecule has 2 saturated carbocycles. The third kappa shape index (κ3) is 5.75. The maximum Gasteiger partial charge on any atom is 0.439 e. The molecule has 0 amide bonds. The highest BCUT2D eigenvalue weighted by Gasteiger charge is 2.29. The first-order chi connectivity index (χ1) is 19.9. The molecule has 4 aromatic rings. The Kier molecular flexibility index (Phi) is 7.59. The predicted octanol–water partition coefficient (Wildman–Crippen LogP) is 6.07. The maximum atomic E-state index is 14.0. The Hall–Kier alpha value is -4.02. The molecule has 11 heteroatoms. The van der Waals surface area contributed by atoms with Crippen molar-refractivity contribution >= 4 is 22.9 Å². The van der Waals surface area contributed by atoms with Crippen LogP contribution in [0.15, 0.2) is 46.2 Å². The number of aromatic nitrogens is 6. The summed E-state index contributed by atoms with van der Waals surface area (Å²) in [6.07, 6.45) is 10.1. The second kappa shape index (κ2) is 11.5. The molecular formula is C30H37FN8O2. The Morgan fingerprint density at radius 1 is 1.15 bits per heavy atom. The number of rotatable bonds is 10. The Bertz CT molecular complexity index is 1580. The first kappa shape index (κ1) is 27.2. The Balaban J connectivity index is 1.44. The molecular weight excluding hydrogens is 523 g/mol. The van der Waals surface area contributed by atoms with Gasteiger partial charge in [0.1, 0.15) is 11.3 Å². The number of benzene rings is 1. The minimum atomic E-state index is -0.673. The van der Waals surface area contributed by atoms with E-state index in [1.165, 1.54) is 31.4 Å². The van der Waals surface area contributed by atoms with Crippen molar-refractivity contribution in [1.82, 2.24) is 29.7 Å². The molecule has 3 N–H and O–H groups in total. The van der Waals surface area contributed by atoms with Gasteiger partial charge >= 0.3 is 5.76 Å². The second-order valence-electron chi connectivity index (χ2n) is 11.6. The number of anilines is 2. The number of fused-ring (bicyclic) bond motifs is 1. The fraction of sp³-hybridized carbons (Fsp3) is 0.500. The van der Waals surface area contributed by atoms with Gasteiger partial charge in [-0.15, -0.1) is 6.58 Å². The molecule has 6 rings (SSSR count). The average Bonchev–Trinajstić information content (AvgIpc) is 3.51. The van der Waals surface area contributed by atoms with Gasteiger partial charge in [-0.2, -0.15) is 4.98 Å². The second-order valence-corrected chi connectivity index (χ2v) is 11.6. The number of allylic oxidation sites excluding steroid dienone is 1. The largest absolute Gasteiger partial charge is 0.439 e. The molecule has 0 bridgehead atoms. The number of nitrogens with one attached hydrogen (secondary N) is 3. The SMILES string of the molecule is C=CC1CCC(Cn2c(N[C@@H](C)c3cccc(F)c3)nc3nc(-c4noc(=O)[nH]4)nc(N[C@H](C)C4CCC4)c32)CC1. The summed E-state index contributed by atoms with van der Waals surface area (Å²) in [6.45, 7) is 8.91. The van der Waals surface area contributed by atoms with Gasteiger partial charge in [0.05, 0.1) is 6.04 Å². The van der Waals surface area contributed by atoms with E-state index in [0.717, 1.165) is 43.3 Å². The highest BCUT2D eigenvalue weighted by molar-refractivity contribution is 5.87. The minimum Gasteiger partial charge on any atom is -0.365 e. The number of imidazole rings is 1. The fourth-order valence-electron chi connectivity index (χ4n) is 6.05. The highest BCUT2D eigenvalue weighted by Crippen LogP contribution is 2.36. The van der Waals surface area contributed by atoms with Crippen molar-refractivity contribution in [3.05, 3.63) is 58.9 Å². The highest BCUT2D eigenvalue weighted by atomic mass is 19.1. The molecule has 0 spiro atoms. The van der Waals surface area contributed by atoms with Crippen molar-refractivity contribution in [2.75, 3.05) is 10.6 Å². The molecule has 41 heavy (non-hydrogen) atoms. The van der Waals surface area contributed by atoms with Crippen molar-refractivity contribution in [3.8, 4) is 11.6 Å². The van der Waals surface area contributed by atoms with E-state index in [9.17, 15) is 9.18 Å². The van der Waals surface area contributed by atoms with Crippen LogP contribution < -0.4 is 16.4 Å². The molecule has 10 nitrogen and oxygen atoms in total. The lowest BCUT2D eigenvalue weighted by Gasteiger charge is -2.32. The van der Waals surface area contributed by atoms with E-state index in [2.05, 4.69) is 44.9 Å². The summed E-state index contributed by atoms with van der Waals surface area (Å²) in [5.74, 6) is 2.29. The standard InChI is InChI=1S/C30H37FN8O2/c1-4-19-11-13-20(14-12-19)16-39-24-25(32-17(2)21-7-5-8-21)34-27(28-37-30(40)41-38-28)35-26(24)36-29(39)33-18(3)22-9-6-10-23(31)15-22/h4,6,9-10,15,17-21H,1,5,7-8,11-14,16H2,2-3H3,(H,37,38,40)(H2,32,33,34,35,36)/t17-,18+,19?,20?/m1/s1. The van der Waals surface area contributed by atoms with Crippen LogP contribution in [0.1, 0.15) is 70.4 Å². The number of hydrogen-bond acceptors (Lipinski definition) is 8. The Morgan fingerprint density at radius 2 is 1.95 bits per heavy atom. The van der Waals surface area contributed by atoms with Crippen LogP contribution in [0.5, 0.6) is 0 Å². The molecule has 1 aromatic carbocycles. The Labute approximate surface area is 237 Å². The average molecular weight is 561 g/mol. The molecule has 3 heterocycles. The zero-order valence-corrected chi connectivity index (χ0v) is 23.6. The summed E-state index contributed by atoms with van der Waals surface area (Å²) in [7, 11) is 0. The van der Waals surface area contributed by atoms with Crippen LogP contribution in [0.2, 0.25) is 0 Å². The van der Waals surface area contributed by atoms with E-state index in [0.29, 0.717) is 35.2 Å². The molecule has 2 fully saturated rings. The van der Waals surface area contributed by atoms with Crippen molar-refractivity contribution < 1.29 is 8.91 Å². The smallest absolute Gasteiger partial charge is 0.365 e. The van der Waals surface area contributed by atoms with Crippen LogP contribution in [0.25, 0.3) is 22.8 Å². The molecule has 0 unspecified atom stereocenters. The van der Waals surface area contributed by atoms with E-state index >= 15 is 0 Å². The van der Waals surface area contributed by atoms with Crippen LogP contribution in [0, 0.1) is 23.6 Å². The van der Waals surface area contributed by atoms with Crippen molar-refractivity contribution in [3.63, 3.8) is 0 Å². The monoisotopic (exact) mass is 560 g/mol. The van der Waals surface area contributed by atoms with Crippen molar-refractivity contribution in [2.24, 2.45) is 17.8 Å². The van der Waals surface area contributed by atoms with Gasteiger partial charge in [0.15, 0.2) is 11.5 Å². The molecule has 0 radical (unpaired) electrons. The van der Waals surface area contributed by atoms with E-state index in [4.69, 9.17) is 19.5 Å². The topological polar surface area (TPSA) is 127 Å². The van der Waals surface area contributed by atoms with Crippen LogP contribution in [-0.2, 0) is 6.54 Å². The van der Waals surface area contributed by atoms with Gasteiger partial charge in [0, 0.05) is 12.6 Å². The summed E-state index contributed by atoms with van der Waals surface area (Å²) < 4.78 is 21.0. The zero-order valence-electron chi connectivity index (χ0n) is 23.6. The number of nitrogens with zero attached hydrogens (tertiary/aromatic N) is 5. The summed E-state index contributed by atoms with van der Waals surface area (Å²) in [5.41, 5.74) is 2.10. The van der Waals surface area contributed by atoms with E-state index in [1.807, 2.05) is 13.0 Å². The van der Waals surface area contributed by atoms with Crippen LogP contribution in [-0.4, -0.2) is 35.7 Å². The molecule has 0 aliphatic heterocycles. The Morgan fingerprint density at radius 3 is 2.61 bits per heavy atom. The van der Waals surface area contributed by atoms with Gasteiger partial charge in [0.25, 0.3) is 0 Å². The number of hydrogen-bond donors (Lipinski definition) is 3. The summed E-state index contributed by atoms with van der Waals surface area (Å²) in [6, 6.07) is 6.58. The minimum absolute atomic E-state index is 0.149. The van der Waals surface area contributed by atoms with E-state index < -0.39 is 5.76 Å². The predicted molar refractivity (Wildman–Crippen MR) is 156 cm³/mol. The summed E-state index contributed by atoms with van der Waals surface area (Å²) >= 11 is 0. The lowest BCUT2D eigenvalue weighted by Crippen LogP contribution is -2.31. The van der Waals surface area contributed by atoms with Gasteiger partial charge < -0.3 is 15.2 Å². The molecule has 3 aromatic heterocycles. The van der Waals surface area contributed by atoms with Crippen molar-refractivity contribution in [1.29, 1.82) is 0 Å². The van der Waals surface area contributed by atoms with Crippen LogP contribution in [0.3, 0.4) is 0 Å². The quantitative estimate of drug-likeness (QED) is 0.199. The first-order valence-corrected chi connectivity index (χ1v) is 14.6. The zero-order chi connectivity index (χ0) is 28.5. The third-order valence-corrected chi connectivity index (χ3v) is 8.84. The van der Waals surface area contributed by atoms with E-state index in [-0.39, 0.29) is 29.5 Å².